The average molecular weight is 368 g/mol. The van der Waals surface area contributed by atoms with Crippen molar-refractivity contribution in [3.8, 4) is 0 Å². The van der Waals surface area contributed by atoms with E-state index in [2.05, 4.69) is 22.1 Å². The Hall–Kier alpha value is -0.530. The van der Waals surface area contributed by atoms with E-state index in [0.29, 0.717) is 18.4 Å². The Kier molecular flexibility index (Phi) is 9.13. The number of rotatable bonds is 4. The quantitative estimate of drug-likeness (QED) is 0.445. The fraction of sp³-hybridized carbons (Fsp3) is 0.833. The number of halogens is 1. The summed E-state index contributed by atoms with van der Waals surface area (Å²) in [7, 11) is 0. The van der Waals surface area contributed by atoms with Gasteiger partial charge in [-0.15, -0.1) is 24.0 Å². The summed E-state index contributed by atoms with van der Waals surface area (Å²) in [5, 5.41) is 2.78. The van der Waals surface area contributed by atoms with E-state index in [1.54, 1.807) is 0 Å². The number of aliphatic imine (C=N–C) groups is 1. The highest BCUT2D eigenvalue weighted by Crippen LogP contribution is 2.14. The van der Waals surface area contributed by atoms with Crippen LogP contribution in [0.5, 0.6) is 0 Å². The van der Waals surface area contributed by atoms with Gasteiger partial charge in [0.15, 0.2) is 5.96 Å². The minimum absolute atomic E-state index is 0. The number of amides is 1. The molecular weight excluding hydrogens is 343 g/mol. The molecule has 0 radical (unpaired) electrons. The molecule has 5 nitrogen and oxygen atoms in total. The van der Waals surface area contributed by atoms with Crippen molar-refractivity contribution in [2.45, 2.75) is 33.1 Å². The van der Waals surface area contributed by atoms with Crippen LogP contribution in [0.4, 0.5) is 0 Å². The minimum atomic E-state index is -0.0557. The molecule has 18 heavy (non-hydrogen) atoms. The molecule has 0 aliphatic carbocycles. The molecule has 1 saturated heterocycles. The van der Waals surface area contributed by atoms with E-state index in [0.717, 1.165) is 25.9 Å². The lowest BCUT2D eigenvalue weighted by Gasteiger charge is -2.31. The summed E-state index contributed by atoms with van der Waals surface area (Å²) in [6.45, 7) is 6.98. The molecule has 0 aromatic heterocycles. The summed E-state index contributed by atoms with van der Waals surface area (Å²) in [5.41, 5.74) is 5.88. The van der Waals surface area contributed by atoms with Gasteiger partial charge >= 0.3 is 0 Å². The monoisotopic (exact) mass is 368 g/mol. The molecule has 1 amide bonds. The molecule has 1 aliphatic heterocycles. The van der Waals surface area contributed by atoms with Crippen LogP contribution in [-0.4, -0.2) is 42.9 Å². The lowest BCUT2D eigenvalue weighted by atomic mass is 10.0. The van der Waals surface area contributed by atoms with Crippen LogP contribution in [0.25, 0.3) is 0 Å². The molecule has 1 rings (SSSR count). The summed E-state index contributed by atoms with van der Waals surface area (Å²) >= 11 is 0. The van der Waals surface area contributed by atoms with Crippen LogP contribution < -0.4 is 11.1 Å². The number of hydrogen-bond acceptors (Lipinski definition) is 2. The van der Waals surface area contributed by atoms with Crippen molar-refractivity contribution in [1.29, 1.82) is 0 Å². The molecule has 1 fully saturated rings. The van der Waals surface area contributed by atoms with Gasteiger partial charge in [-0.05, 0) is 25.2 Å². The molecule has 0 spiro atoms. The van der Waals surface area contributed by atoms with E-state index in [-0.39, 0.29) is 36.4 Å². The van der Waals surface area contributed by atoms with Crippen molar-refractivity contribution < 1.29 is 4.79 Å². The van der Waals surface area contributed by atoms with Crippen LogP contribution in [0.15, 0.2) is 4.99 Å². The van der Waals surface area contributed by atoms with E-state index < -0.39 is 0 Å². The zero-order chi connectivity index (χ0) is 12.7. The topological polar surface area (TPSA) is 70.7 Å². The Balaban J connectivity index is 0.00000289. The molecule has 0 bridgehead atoms. The predicted octanol–water partition coefficient (Wildman–Crippen LogP) is 1.18. The number of nitrogens with zero attached hydrogens (tertiary/aromatic N) is 2. The Morgan fingerprint density at radius 1 is 1.56 bits per heavy atom. The number of piperidine rings is 1. The van der Waals surface area contributed by atoms with Crippen LogP contribution in [0.1, 0.15) is 33.1 Å². The summed E-state index contributed by atoms with van der Waals surface area (Å²) in [6.07, 6.45) is 3.34. The van der Waals surface area contributed by atoms with Crippen LogP contribution in [-0.2, 0) is 4.79 Å². The maximum Gasteiger partial charge on any atom is 0.241 e. The SMILES string of the molecule is CCCNC(=O)CN=C(N)N1CCCC(C)C1.I. The number of guanidine groups is 1. The molecule has 0 aromatic carbocycles. The molecule has 1 atom stereocenters. The Morgan fingerprint density at radius 3 is 2.89 bits per heavy atom. The molecular formula is C12H25IN4O. The lowest BCUT2D eigenvalue weighted by Crippen LogP contribution is -2.44. The highest BCUT2D eigenvalue weighted by atomic mass is 127. The van der Waals surface area contributed by atoms with E-state index >= 15 is 0 Å². The molecule has 6 heteroatoms. The first-order valence-corrected chi connectivity index (χ1v) is 6.45. The van der Waals surface area contributed by atoms with Crippen LogP contribution >= 0.6 is 24.0 Å². The van der Waals surface area contributed by atoms with Gasteiger partial charge < -0.3 is 16.0 Å². The number of carbonyl (C=O) groups excluding carboxylic acids is 1. The van der Waals surface area contributed by atoms with Crippen LogP contribution in [0, 0.1) is 5.92 Å². The summed E-state index contributed by atoms with van der Waals surface area (Å²) < 4.78 is 0. The average Bonchev–Trinajstić information content (AvgIpc) is 2.33. The van der Waals surface area contributed by atoms with E-state index in [1.807, 2.05) is 6.92 Å². The van der Waals surface area contributed by atoms with Crippen molar-refractivity contribution in [3.63, 3.8) is 0 Å². The minimum Gasteiger partial charge on any atom is -0.370 e. The number of likely N-dealkylation sites (tertiary alicyclic amines) is 1. The summed E-state index contributed by atoms with van der Waals surface area (Å²) in [4.78, 5) is 17.6. The first-order chi connectivity index (χ1) is 8.13. The zero-order valence-electron chi connectivity index (χ0n) is 11.3. The van der Waals surface area contributed by atoms with E-state index in [4.69, 9.17) is 5.73 Å². The smallest absolute Gasteiger partial charge is 0.241 e. The van der Waals surface area contributed by atoms with Crippen molar-refractivity contribution in [2.24, 2.45) is 16.6 Å². The highest BCUT2D eigenvalue weighted by Gasteiger charge is 2.17. The Morgan fingerprint density at radius 2 is 2.28 bits per heavy atom. The molecule has 1 unspecified atom stereocenters. The van der Waals surface area contributed by atoms with Crippen molar-refractivity contribution in [2.75, 3.05) is 26.2 Å². The van der Waals surface area contributed by atoms with Gasteiger partial charge in [0.05, 0.1) is 0 Å². The first kappa shape index (κ1) is 17.5. The van der Waals surface area contributed by atoms with E-state index in [9.17, 15) is 4.79 Å². The number of hydrogen-bond donors (Lipinski definition) is 2. The largest absolute Gasteiger partial charge is 0.370 e. The van der Waals surface area contributed by atoms with Gasteiger partial charge in [-0.3, -0.25) is 4.79 Å². The van der Waals surface area contributed by atoms with Gasteiger partial charge in [0.25, 0.3) is 0 Å². The summed E-state index contributed by atoms with van der Waals surface area (Å²) in [6, 6.07) is 0. The summed E-state index contributed by atoms with van der Waals surface area (Å²) in [5.74, 6) is 1.11. The second-order valence-corrected chi connectivity index (χ2v) is 4.72. The highest BCUT2D eigenvalue weighted by molar-refractivity contribution is 14.0. The van der Waals surface area contributed by atoms with E-state index in [1.165, 1.54) is 6.42 Å². The number of carbonyl (C=O) groups is 1. The van der Waals surface area contributed by atoms with Gasteiger partial charge in [-0.25, -0.2) is 4.99 Å². The molecule has 0 aromatic rings. The van der Waals surface area contributed by atoms with Gasteiger partial charge in [-0.2, -0.15) is 0 Å². The molecule has 3 N–H and O–H groups in total. The second-order valence-electron chi connectivity index (χ2n) is 4.72. The molecule has 1 aliphatic rings. The molecule has 1 heterocycles. The van der Waals surface area contributed by atoms with Crippen LogP contribution in [0.2, 0.25) is 0 Å². The molecule has 0 saturated carbocycles. The maximum absolute atomic E-state index is 11.4. The van der Waals surface area contributed by atoms with Gasteiger partial charge in [0.1, 0.15) is 6.54 Å². The maximum atomic E-state index is 11.4. The first-order valence-electron chi connectivity index (χ1n) is 6.45. The Labute approximate surface area is 127 Å². The van der Waals surface area contributed by atoms with Gasteiger partial charge in [0, 0.05) is 19.6 Å². The fourth-order valence-corrected chi connectivity index (χ4v) is 1.97. The molecule has 106 valence electrons. The third-order valence-electron chi connectivity index (χ3n) is 2.94. The van der Waals surface area contributed by atoms with Gasteiger partial charge in [-0.1, -0.05) is 13.8 Å². The van der Waals surface area contributed by atoms with Crippen molar-refractivity contribution in [1.82, 2.24) is 10.2 Å². The van der Waals surface area contributed by atoms with Crippen molar-refractivity contribution in [3.05, 3.63) is 0 Å². The third-order valence-corrected chi connectivity index (χ3v) is 2.94. The predicted molar refractivity (Wildman–Crippen MR) is 85.2 cm³/mol. The lowest BCUT2D eigenvalue weighted by molar-refractivity contribution is -0.119. The standard InChI is InChI=1S/C12H24N4O.HI/c1-3-6-14-11(17)8-15-12(13)16-7-4-5-10(2)9-16;/h10H,3-9H2,1-2H3,(H2,13,15)(H,14,17);1H. The zero-order valence-corrected chi connectivity index (χ0v) is 13.6. The third kappa shape index (κ3) is 6.42. The van der Waals surface area contributed by atoms with Gasteiger partial charge in [0.2, 0.25) is 5.91 Å². The second kappa shape index (κ2) is 9.41. The fourth-order valence-electron chi connectivity index (χ4n) is 1.97. The number of nitrogens with two attached hydrogens (primary N) is 1. The normalized spacial score (nSPS) is 20.2. The Bertz CT molecular complexity index is 283. The van der Waals surface area contributed by atoms with Crippen LogP contribution in [0.3, 0.4) is 0 Å². The number of nitrogens with one attached hydrogen (secondary N) is 1. The van der Waals surface area contributed by atoms with Crippen molar-refractivity contribution >= 4 is 35.8 Å².